The van der Waals surface area contributed by atoms with Crippen molar-refractivity contribution in [1.82, 2.24) is 14.9 Å². The summed E-state index contributed by atoms with van der Waals surface area (Å²) < 4.78 is 11.2. The average molecular weight is 413 g/mol. The highest BCUT2D eigenvalue weighted by Crippen LogP contribution is 2.22. The molecule has 2 aromatic rings. The molecule has 1 aromatic carbocycles. The third kappa shape index (κ3) is 5.92. The Bertz CT molecular complexity index is 867. The molecule has 0 unspecified atom stereocenters. The summed E-state index contributed by atoms with van der Waals surface area (Å²) in [6, 6.07) is 6.47. The number of aromatic nitrogens is 2. The van der Waals surface area contributed by atoms with Crippen LogP contribution in [0.3, 0.4) is 0 Å². The van der Waals surface area contributed by atoms with Gasteiger partial charge in [-0.3, -0.25) is 0 Å². The molecule has 1 saturated heterocycles. The number of amides is 1. The smallest absolute Gasteiger partial charge is 0.410 e. The molecule has 1 amide bonds. The lowest BCUT2D eigenvalue weighted by atomic mass is 9.98. The highest BCUT2D eigenvalue weighted by molar-refractivity contribution is 5.88. The maximum Gasteiger partial charge on any atom is 0.410 e. The van der Waals surface area contributed by atoms with E-state index in [1.807, 2.05) is 20.8 Å². The number of carbonyl (C=O) groups excluding carboxylic acids is 1. The first kappa shape index (κ1) is 21.5. The Kier molecular flexibility index (Phi) is 6.54. The molecule has 0 radical (unpaired) electrons. The maximum atomic E-state index is 12.1. The molecule has 0 aliphatic carbocycles. The van der Waals surface area contributed by atoms with Crippen LogP contribution in [0.25, 0.3) is 11.3 Å². The van der Waals surface area contributed by atoms with Gasteiger partial charge in [-0.15, -0.1) is 0 Å². The number of nitrogens with zero attached hydrogens (tertiary/aromatic N) is 3. The molecule has 1 fully saturated rings. The van der Waals surface area contributed by atoms with E-state index < -0.39 is 11.6 Å². The zero-order valence-corrected chi connectivity index (χ0v) is 17.5. The summed E-state index contributed by atoms with van der Waals surface area (Å²) in [7, 11) is 0. The van der Waals surface area contributed by atoms with Gasteiger partial charge in [0.25, 0.3) is 0 Å². The lowest BCUT2D eigenvalue weighted by Gasteiger charge is -2.33. The van der Waals surface area contributed by atoms with Crippen molar-refractivity contribution in [3.05, 3.63) is 42.2 Å². The van der Waals surface area contributed by atoms with Crippen LogP contribution in [-0.4, -0.2) is 57.3 Å². The third-order valence-electron chi connectivity index (χ3n) is 4.79. The maximum absolute atomic E-state index is 12.1. The van der Waals surface area contributed by atoms with Crippen LogP contribution in [0, 0.1) is 5.92 Å². The van der Waals surface area contributed by atoms with Gasteiger partial charge in [0.1, 0.15) is 5.60 Å². The molecule has 1 aromatic heterocycles. The molecule has 160 valence electrons. The summed E-state index contributed by atoms with van der Waals surface area (Å²) in [4.78, 5) is 33.4. The van der Waals surface area contributed by atoms with Crippen LogP contribution < -0.4 is 4.74 Å². The normalized spacial score (nSPS) is 15.0. The quantitative estimate of drug-likeness (QED) is 0.794. The summed E-state index contributed by atoms with van der Waals surface area (Å²) in [5.74, 6) is -0.183. The highest BCUT2D eigenvalue weighted by atomic mass is 16.6. The number of piperidine rings is 1. The first-order valence-corrected chi connectivity index (χ1v) is 9.98. The Morgan fingerprint density at radius 2 is 1.77 bits per heavy atom. The van der Waals surface area contributed by atoms with Crippen molar-refractivity contribution in [2.24, 2.45) is 5.92 Å². The summed E-state index contributed by atoms with van der Waals surface area (Å²) in [6.07, 6.45) is 4.60. The number of hydrogen-bond donors (Lipinski definition) is 1. The number of carbonyl (C=O) groups is 2. The minimum Gasteiger partial charge on any atom is -0.478 e. The van der Waals surface area contributed by atoms with Gasteiger partial charge in [-0.2, -0.15) is 0 Å². The van der Waals surface area contributed by atoms with Crippen molar-refractivity contribution in [3.63, 3.8) is 0 Å². The van der Waals surface area contributed by atoms with Crippen LogP contribution in [0.4, 0.5) is 4.79 Å². The number of benzene rings is 1. The Balaban J connectivity index is 1.47. The van der Waals surface area contributed by atoms with E-state index in [2.05, 4.69) is 9.97 Å². The van der Waals surface area contributed by atoms with Crippen LogP contribution in [0.2, 0.25) is 0 Å². The number of carboxylic acid groups (broad SMARTS) is 1. The molecule has 8 heteroatoms. The summed E-state index contributed by atoms with van der Waals surface area (Å²) >= 11 is 0. The first-order valence-electron chi connectivity index (χ1n) is 9.98. The fourth-order valence-corrected chi connectivity index (χ4v) is 3.14. The largest absolute Gasteiger partial charge is 0.478 e. The molecule has 2 heterocycles. The monoisotopic (exact) mass is 413 g/mol. The van der Waals surface area contributed by atoms with Gasteiger partial charge in [-0.25, -0.2) is 19.6 Å². The van der Waals surface area contributed by atoms with Gasteiger partial charge in [-0.05, 0) is 51.7 Å². The second kappa shape index (κ2) is 9.11. The average Bonchev–Trinajstić information content (AvgIpc) is 2.72. The molecule has 0 spiro atoms. The van der Waals surface area contributed by atoms with Crippen LogP contribution in [0.5, 0.6) is 5.88 Å². The van der Waals surface area contributed by atoms with Crippen LogP contribution in [-0.2, 0) is 4.74 Å². The standard InChI is InChI=1S/C22H27N3O5/c1-22(2,3)30-21(28)25-10-8-15(9-11-25)14-29-19-13-23-18(12-24-19)16-4-6-17(7-5-16)20(26)27/h4-7,12-13,15H,8-11,14H2,1-3H3,(H,26,27). The van der Waals surface area contributed by atoms with E-state index in [1.165, 1.54) is 12.1 Å². The molecule has 1 aliphatic rings. The van der Waals surface area contributed by atoms with Crippen molar-refractivity contribution in [3.8, 4) is 17.1 Å². The van der Waals surface area contributed by atoms with Crippen molar-refractivity contribution < 1.29 is 24.2 Å². The van der Waals surface area contributed by atoms with Crippen LogP contribution in [0.1, 0.15) is 44.0 Å². The van der Waals surface area contributed by atoms with E-state index in [9.17, 15) is 9.59 Å². The Morgan fingerprint density at radius 3 is 2.30 bits per heavy atom. The molecule has 0 saturated carbocycles. The van der Waals surface area contributed by atoms with E-state index in [-0.39, 0.29) is 11.7 Å². The fourth-order valence-electron chi connectivity index (χ4n) is 3.14. The van der Waals surface area contributed by atoms with Gasteiger partial charge in [0, 0.05) is 18.7 Å². The molecule has 3 rings (SSSR count). The molecular formula is C22H27N3O5. The minimum atomic E-state index is -0.965. The van der Waals surface area contributed by atoms with Crippen LogP contribution >= 0.6 is 0 Å². The predicted octanol–water partition coefficient (Wildman–Crippen LogP) is 3.87. The summed E-state index contributed by atoms with van der Waals surface area (Å²) in [5.41, 5.74) is 1.17. The SMILES string of the molecule is CC(C)(C)OC(=O)N1CCC(COc2cnc(-c3ccc(C(=O)O)cc3)cn2)CC1. The van der Waals surface area contributed by atoms with Crippen molar-refractivity contribution in [2.75, 3.05) is 19.7 Å². The van der Waals surface area contributed by atoms with E-state index in [0.717, 1.165) is 18.4 Å². The number of carboxylic acids is 1. The van der Waals surface area contributed by atoms with Crippen molar-refractivity contribution >= 4 is 12.1 Å². The van der Waals surface area contributed by atoms with Crippen molar-refractivity contribution in [2.45, 2.75) is 39.2 Å². The topological polar surface area (TPSA) is 102 Å². The molecular weight excluding hydrogens is 386 g/mol. The van der Waals surface area contributed by atoms with Gasteiger partial charge in [-0.1, -0.05) is 12.1 Å². The Hall–Kier alpha value is -3.16. The van der Waals surface area contributed by atoms with E-state index in [4.69, 9.17) is 14.6 Å². The van der Waals surface area contributed by atoms with Gasteiger partial charge < -0.3 is 19.5 Å². The molecule has 1 N–H and O–H groups in total. The minimum absolute atomic E-state index is 0.226. The molecule has 30 heavy (non-hydrogen) atoms. The lowest BCUT2D eigenvalue weighted by molar-refractivity contribution is 0.0164. The molecule has 1 aliphatic heterocycles. The molecule has 0 atom stereocenters. The second-order valence-electron chi connectivity index (χ2n) is 8.34. The first-order chi connectivity index (χ1) is 14.2. The fraction of sp³-hybridized carbons (Fsp3) is 0.455. The summed E-state index contributed by atoms with van der Waals surface area (Å²) in [5, 5.41) is 8.97. The predicted molar refractivity (Wildman–Crippen MR) is 110 cm³/mol. The zero-order valence-electron chi connectivity index (χ0n) is 17.5. The second-order valence-corrected chi connectivity index (χ2v) is 8.34. The Labute approximate surface area is 175 Å². The zero-order chi connectivity index (χ0) is 21.7. The van der Waals surface area contributed by atoms with Gasteiger partial charge >= 0.3 is 12.1 Å². The van der Waals surface area contributed by atoms with E-state index in [0.29, 0.717) is 37.2 Å². The van der Waals surface area contributed by atoms with Gasteiger partial charge in [0.15, 0.2) is 0 Å². The molecule has 8 nitrogen and oxygen atoms in total. The van der Waals surface area contributed by atoms with Crippen molar-refractivity contribution in [1.29, 1.82) is 0 Å². The summed E-state index contributed by atoms with van der Waals surface area (Å²) in [6.45, 7) is 7.41. The number of hydrogen-bond acceptors (Lipinski definition) is 6. The number of likely N-dealkylation sites (tertiary alicyclic amines) is 1. The van der Waals surface area contributed by atoms with Gasteiger partial charge in [0.05, 0.1) is 30.3 Å². The number of ether oxygens (including phenoxy) is 2. The van der Waals surface area contributed by atoms with Gasteiger partial charge in [0.2, 0.25) is 5.88 Å². The number of rotatable bonds is 5. The van der Waals surface area contributed by atoms with E-state index >= 15 is 0 Å². The molecule has 0 bridgehead atoms. The number of aromatic carboxylic acids is 1. The van der Waals surface area contributed by atoms with Crippen LogP contribution in [0.15, 0.2) is 36.7 Å². The third-order valence-corrected chi connectivity index (χ3v) is 4.79. The highest BCUT2D eigenvalue weighted by Gasteiger charge is 2.27. The lowest BCUT2D eigenvalue weighted by Crippen LogP contribution is -2.42. The van der Waals surface area contributed by atoms with E-state index in [1.54, 1.807) is 29.4 Å². The Morgan fingerprint density at radius 1 is 1.10 bits per heavy atom.